The Balaban J connectivity index is 0.934. The zero-order chi connectivity index (χ0) is 42.2. The molecule has 2 heterocycles. The molecule has 3 aliphatic rings. The number of anilines is 2. The quantitative estimate of drug-likeness (QED) is 0.173. The van der Waals surface area contributed by atoms with Crippen LogP contribution in [0.25, 0.3) is 77.3 Å². The topological polar surface area (TPSA) is 21.3 Å². The third kappa shape index (κ3) is 5.14. The van der Waals surface area contributed by atoms with Crippen LogP contribution in [0.5, 0.6) is 0 Å². The van der Waals surface area contributed by atoms with Crippen molar-refractivity contribution in [2.45, 2.75) is 44.9 Å². The Morgan fingerprint density at radius 2 is 1.13 bits per heavy atom. The normalized spacial score (nSPS) is 16.8. The fraction of sp³-hybridized carbons (Fsp3) is 0.133. The Labute approximate surface area is 367 Å². The van der Waals surface area contributed by atoms with E-state index in [-0.39, 0.29) is 10.8 Å². The highest BCUT2D eigenvalue weighted by molar-refractivity contribution is 6.10. The minimum atomic E-state index is -0.223. The van der Waals surface area contributed by atoms with E-state index in [4.69, 9.17) is 4.42 Å². The number of furan rings is 1. The third-order valence-electron chi connectivity index (χ3n) is 14.9. The molecular formula is C60H46N2O. The fourth-order valence-corrected chi connectivity index (χ4v) is 11.7. The second kappa shape index (κ2) is 13.1. The van der Waals surface area contributed by atoms with Gasteiger partial charge in [-0.1, -0.05) is 155 Å². The Hall–Kier alpha value is -7.36. The average Bonchev–Trinajstić information content (AvgIpc) is 4.00. The lowest BCUT2D eigenvalue weighted by Gasteiger charge is -2.36. The van der Waals surface area contributed by atoms with Gasteiger partial charge in [0.2, 0.25) is 0 Å². The van der Waals surface area contributed by atoms with E-state index in [1.807, 2.05) is 6.07 Å². The predicted octanol–water partition coefficient (Wildman–Crippen LogP) is 16.1. The number of hydrogen-bond donors (Lipinski definition) is 0. The number of nitrogens with zero attached hydrogens (tertiary/aromatic N) is 2. The lowest BCUT2D eigenvalue weighted by atomic mass is 9.74. The Morgan fingerprint density at radius 1 is 0.508 bits per heavy atom. The van der Waals surface area contributed by atoms with Crippen LogP contribution in [0, 0.1) is 5.92 Å². The molecule has 0 amide bonds. The number of para-hydroxylation sites is 4. The molecule has 10 aromatic rings. The van der Waals surface area contributed by atoms with Crippen LogP contribution in [-0.2, 0) is 10.8 Å². The molecule has 0 aliphatic heterocycles. The van der Waals surface area contributed by atoms with Crippen LogP contribution in [-0.4, -0.2) is 4.57 Å². The number of benzene rings is 8. The van der Waals surface area contributed by atoms with Gasteiger partial charge in [-0.25, -0.2) is 0 Å². The minimum absolute atomic E-state index is 0.0123. The fourth-order valence-electron chi connectivity index (χ4n) is 11.7. The summed E-state index contributed by atoms with van der Waals surface area (Å²) in [5.74, 6) is 0.372. The molecule has 0 N–H and O–H groups in total. The van der Waals surface area contributed by atoms with Crippen molar-refractivity contribution in [1.82, 2.24) is 4.57 Å². The number of rotatable bonds is 5. The molecule has 13 rings (SSSR count). The van der Waals surface area contributed by atoms with Gasteiger partial charge in [-0.3, -0.25) is 0 Å². The molecule has 8 aromatic carbocycles. The van der Waals surface area contributed by atoms with Crippen molar-refractivity contribution in [3.8, 4) is 27.9 Å². The maximum Gasteiger partial charge on any atom is 0.143 e. The minimum Gasteiger partial charge on any atom is -0.455 e. The highest BCUT2D eigenvalue weighted by Crippen LogP contribution is 2.56. The maximum absolute atomic E-state index is 6.49. The Morgan fingerprint density at radius 3 is 1.90 bits per heavy atom. The van der Waals surface area contributed by atoms with Gasteiger partial charge >= 0.3 is 0 Å². The van der Waals surface area contributed by atoms with Gasteiger partial charge in [-0.2, -0.15) is 0 Å². The largest absolute Gasteiger partial charge is 0.455 e. The molecule has 3 aliphatic carbocycles. The van der Waals surface area contributed by atoms with Gasteiger partial charge in [0, 0.05) is 55.3 Å². The van der Waals surface area contributed by atoms with E-state index in [1.165, 1.54) is 77.8 Å². The van der Waals surface area contributed by atoms with Crippen molar-refractivity contribution in [3.63, 3.8) is 0 Å². The lowest BCUT2D eigenvalue weighted by molar-refractivity contribution is 0.406. The standard InChI is InChI=1S/C60H46N2O/c1-59(2)51-20-9-5-14-43(51)44-31-28-39(34-52(44)59)61(38-26-24-37(25-27-38)42-18-13-19-50-49-17-8-12-23-57(49)63-58(42)50)40-29-32-45-46-33-30-41(36-54(46)60(3,4)53(45)35-40)62-55-21-10-6-15-47(55)48-16-7-11-22-56(48)62/h5-33,35-36,52H,34H2,1-4H3. The van der Waals surface area contributed by atoms with Gasteiger partial charge in [-0.15, -0.1) is 0 Å². The first-order valence-electron chi connectivity index (χ1n) is 22.4. The summed E-state index contributed by atoms with van der Waals surface area (Å²) in [5.41, 5.74) is 20.8. The number of aromatic nitrogens is 1. The van der Waals surface area contributed by atoms with Crippen LogP contribution in [0.15, 0.2) is 198 Å². The van der Waals surface area contributed by atoms with E-state index >= 15 is 0 Å². The number of hydrogen-bond acceptors (Lipinski definition) is 2. The molecule has 0 fully saturated rings. The number of fused-ring (bicyclic) bond motifs is 12. The van der Waals surface area contributed by atoms with Crippen molar-refractivity contribution in [3.05, 3.63) is 216 Å². The van der Waals surface area contributed by atoms with Gasteiger partial charge in [0.15, 0.2) is 0 Å². The van der Waals surface area contributed by atoms with Crippen LogP contribution in [0.1, 0.15) is 56.4 Å². The SMILES string of the molecule is CC1(C)c2cc(N(C3=CC=C4c5ccccc5C(C)(C)C4C3)c3ccc(-c4cccc5c4oc4ccccc45)cc3)ccc2-c2ccc(-n3c4ccccc4c4ccccc43)cc21. The van der Waals surface area contributed by atoms with E-state index in [0.717, 1.165) is 45.2 Å². The first kappa shape index (κ1) is 36.3. The van der Waals surface area contributed by atoms with Crippen molar-refractivity contribution in [2.24, 2.45) is 5.92 Å². The van der Waals surface area contributed by atoms with E-state index in [0.29, 0.717) is 5.92 Å². The summed E-state index contributed by atoms with van der Waals surface area (Å²) in [7, 11) is 0. The molecule has 302 valence electrons. The number of allylic oxidation sites excluding steroid dienone is 4. The van der Waals surface area contributed by atoms with Gasteiger partial charge in [0.05, 0.1) is 11.0 Å². The summed E-state index contributed by atoms with van der Waals surface area (Å²) in [4.78, 5) is 2.53. The van der Waals surface area contributed by atoms with E-state index in [9.17, 15) is 0 Å². The van der Waals surface area contributed by atoms with E-state index < -0.39 is 0 Å². The van der Waals surface area contributed by atoms with Crippen LogP contribution in [0.2, 0.25) is 0 Å². The van der Waals surface area contributed by atoms with Gasteiger partial charge in [0.25, 0.3) is 0 Å². The van der Waals surface area contributed by atoms with Crippen molar-refractivity contribution < 1.29 is 4.42 Å². The zero-order valence-electron chi connectivity index (χ0n) is 36.0. The molecule has 1 unspecified atom stereocenters. The van der Waals surface area contributed by atoms with Gasteiger partial charge in [0.1, 0.15) is 11.2 Å². The molecule has 0 spiro atoms. The third-order valence-corrected chi connectivity index (χ3v) is 14.9. The second-order valence-electron chi connectivity index (χ2n) is 18.9. The molecule has 3 heteroatoms. The highest BCUT2D eigenvalue weighted by atomic mass is 16.3. The highest BCUT2D eigenvalue weighted by Gasteiger charge is 2.44. The molecule has 2 aromatic heterocycles. The molecule has 1 atom stereocenters. The Bertz CT molecular complexity index is 3550. The summed E-state index contributed by atoms with van der Waals surface area (Å²) in [6, 6.07) is 64.9. The molecule has 3 nitrogen and oxygen atoms in total. The molecule has 0 radical (unpaired) electrons. The van der Waals surface area contributed by atoms with Crippen LogP contribution < -0.4 is 4.90 Å². The van der Waals surface area contributed by atoms with Crippen molar-refractivity contribution >= 4 is 60.7 Å². The molecule has 0 bridgehead atoms. The average molecular weight is 811 g/mol. The summed E-state index contributed by atoms with van der Waals surface area (Å²) in [5, 5.41) is 4.86. The smallest absolute Gasteiger partial charge is 0.143 e. The molecular weight excluding hydrogens is 765 g/mol. The van der Waals surface area contributed by atoms with Crippen LogP contribution in [0.4, 0.5) is 11.4 Å². The summed E-state index contributed by atoms with van der Waals surface area (Å²) >= 11 is 0. The van der Waals surface area contributed by atoms with Crippen molar-refractivity contribution in [2.75, 3.05) is 4.90 Å². The first-order chi connectivity index (χ1) is 30.8. The zero-order valence-corrected chi connectivity index (χ0v) is 36.0. The first-order valence-corrected chi connectivity index (χ1v) is 22.4. The Kier molecular flexibility index (Phi) is 7.54. The predicted molar refractivity (Wildman–Crippen MR) is 263 cm³/mol. The van der Waals surface area contributed by atoms with Gasteiger partial charge < -0.3 is 13.9 Å². The summed E-state index contributed by atoms with van der Waals surface area (Å²) in [6.07, 6.45) is 5.73. The lowest BCUT2D eigenvalue weighted by Crippen LogP contribution is -2.29. The summed E-state index contributed by atoms with van der Waals surface area (Å²) < 4.78 is 8.93. The van der Waals surface area contributed by atoms with Crippen LogP contribution >= 0.6 is 0 Å². The second-order valence-corrected chi connectivity index (χ2v) is 18.9. The molecule has 0 saturated carbocycles. The molecule has 0 saturated heterocycles. The molecule has 63 heavy (non-hydrogen) atoms. The van der Waals surface area contributed by atoms with E-state index in [2.05, 4.69) is 219 Å². The maximum atomic E-state index is 6.49. The monoisotopic (exact) mass is 810 g/mol. The van der Waals surface area contributed by atoms with Crippen LogP contribution in [0.3, 0.4) is 0 Å². The van der Waals surface area contributed by atoms with E-state index in [1.54, 1.807) is 0 Å². The summed E-state index contributed by atoms with van der Waals surface area (Å²) in [6.45, 7) is 9.67. The van der Waals surface area contributed by atoms with Crippen molar-refractivity contribution in [1.29, 1.82) is 0 Å². The van der Waals surface area contributed by atoms with Gasteiger partial charge in [-0.05, 0) is 123 Å².